The molecule has 2 N–H and O–H groups in total. The molecule has 5 heteroatoms. The van der Waals surface area contributed by atoms with Gasteiger partial charge in [0.25, 0.3) is 5.56 Å². The first kappa shape index (κ1) is 12.9. The number of aromatic nitrogens is 1. The average Bonchev–Trinajstić information content (AvgIpc) is 2.45. The summed E-state index contributed by atoms with van der Waals surface area (Å²) in [6.07, 6.45) is 1.53. The molecule has 0 spiro atoms. The third-order valence-corrected chi connectivity index (χ3v) is 2.48. The van der Waals surface area contributed by atoms with Crippen LogP contribution in [0.1, 0.15) is 5.56 Å². The van der Waals surface area contributed by atoms with E-state index in [1.807, 2.05) is 30.3 Å². The zero-order valence-electron chi connectivity index (χ0n) is 10.3. The number of rotatable bonds is 5. The van der Waals surface area contributed by atoms with E-state index >= 15 is 0 Å². The number of hydrogen-bond acceptors (Lipinski definition) is 4. The maximum Gasteiger partial charge on any atom is 0.325 e. The Labute approximate surface area is 110 Å². The van der Waals surface area contributed by atoms with E-state index < -0.39 is 5.97 Å². The van der Waals surface area contributed by atoms with Crippen LogP contribution in [0, 0.1) is 0 Å². The van der Waals surface area contributed by atoms with Gasteiger partial charge in [0.1, 0.15) is 18.8 Å². The SMILES string of the molecule is O=C(CNc1ccc[nH]c1=O)OCc1ccccc1. The number of anilines is 1. The molecule has 0 bridgehead atoms. The van der Waals surface area contributed by atoms with Crippen LogP contribution in [0.3, 0.4) is 0 Å². The second kappa shape index (κ2) is 6.39. The normalized spacial score (nSPS) is 9.89. The summed E-state index contributed by atoms with van der Waals surface area (Å²) in [6.45, 7) is 0.187. The van der Waals surface area contributed by atoms with Gasteiger partial charge < -0.3 is 15.0 Å². The summed E-state index contributed by atoms with van der Waals surface area (Å²) in [6, 6.07) is 12.7. The van der Waals surface area contributed by atoms with E-state index in [1.165, 1.54) is 6.20 Å². The molecule has 0 saturated heterocycles. The van der Waals surface area contributed by atoms with Crippen molar-refractivity contribution in [2.24, 2.45) is 0 Å². The van der Waals surface area contributed by atoms with Crippen LogP contribution < -0.4 is 10.9 Å². The smallest absolute Gasteiger partial charge is 0.325 e. The van der Waals surface area contributed by atoms with Crippen LogP contribution in [-0.2, 0) is 16.1 Å². The molecule has 1 heterocycles. The van der Waals surface area contributed by atoms with Crippen molar-refractivity contribution < 1.29 is 9.53 Å². The van der Waals surface area contributed by atoms with Gasteiger partial charge in [-0.25, -0.2) is 0 Å². The van der Waals surface area contributed by atoms with Crippen LogP contribution in [0.25, 0.3) is 0 Å². The Balaban J connectivity index is 1.79. The third-order valence-electron chi connectivity index (χ3n) is 2.48. The molecule has 1 aromatic carbocycles. The number of benzene rings is 1. The molecule has 2 rings (SSSR count). The number of H-pyrrole nitrogens is 1. The van der Waals surface area contributed by atoms with Crippen molar-refractivity contribution in [3.63, 3.8) is 0 Å². The molecular weight excluding hydrogens is 244 g/mol. The molecule has 0 fully saturated rings. The van der Waals surface area contributed by atoms with E-state index in [0.29, 0.717) is 5.69 Å². The Kier molecular flexibility index (Phi) is 4.34. The van der Waals surface area contributed by atoms with Crippen molar-refractivity contribution in [3.05, 3.63) is 64.6 Å². The van der Waals surface area contributed by atoms with Crippen LogP contribution in [0.5, 0.6) is 0 Å². The molecule has 0 unspecified atom stereocenters. The fourth-order valence-corrected chi connectivity index (χ4v) is 1.52. The molecule has 0 saturated carbocycles. The lowest BCUT2D eigenvalue weighted by atomic mass is 10.2. The number of pyridine rings is 1. The zero-order chi connectivity index (χ0) is 13.5. The number of nitrogens with one attached hydrogen (secondary N) is 2. The Morgan fingerprint density at radius 1 is 1.16 bits per heavy atom. The highest BCUT2D eigenvalue weighted by Crippen LogP contribution is 2.01. The summed E-state index contributed by atoms with van der Waals surface area (Å²) in [7, 11) is 0. The Bertz CT molecular complexity index is 593. The van der Waals surface area contributed by atoms with E-state index in [9.17, 15) is 9.59 Å². The summed E-state index contributed by atoms with van der Waals surface area (Å²) < 4.78 is 5.08. The minimum atomic E-state index is -0.410. The summed E-state index contributed by atoms with van der Waals surface area (Å²) in [5.74, 6) is -0.410. The number of hydrogen-bond donors (Lipinski definition) is 2. The van der Waals surface area contributed by atoms with Crippen molar-refractivity contribution in [1.82, 2.24) is 4.98 Å². The highest BCUT2D eigenvalue weighted by Gasteiger charge is 2.04. The van der Waals surface area contributed by atoms with Gasteiger partial charge in [-0.3, -0.25) is 9.59 Å². The van der Waals surface area contributed by atoms with E-state index in [2.05, 4.69) is 10.3 Å². The molecule has 0 atom stereocenters. The molecule has 19 heavy (non-hydrogen) atoms. The minimum Gasteiger partial charge on any atom is -0.460 e. The van der Waals surface area contributed by atoms with Gasteiger partial charge in [0, 0.05) is 6.20 Å². The molecule has 2 aromatic rings. The summed E-state index contributed by atoms with van der Waals surface area (Å²) in [4.78, 5) is 25.4. The van der Waals surface area contributed by atoms with Gasteiger partial charge in [-0.1, -0.05) is 30.3 Å². The van der Waals surface area contributed by atoms with Gasteiger partial charge in [-0.05, 0) is 17.7 Å². The number of carbonyl (C=O) groups is 1. The molecule has 5 nitrogen and oxygen atoms in total. The van der Waals surface area contributed by atoms with Crippen LogP contribution in [0.2, 0.25) is 0 Å². The van der Waals surface area contributed by atoms with Crippen molar-refractivity contribution >= 4 is 11.7 Å². The topological polar surface area (TPSA) is 71.2 Å². The maximum absolute atomic E-state index is 11.5. The van der Waals surface area contributed by atoms with Crippen LogP contribution in [0.15, 0.2) is 53.5 Å². The fourth-order valence-electron chi connectivity index (χ4n) is 1.52. The molecule has 98 valence electrons. The van der Waals surface area contributed by atoms with Crippen LogP contribution in [-0.4, -0.2) is 17.5 Å². The van der Waals surface area contributed by atoms with Crippen LogP contribution in [0.4, 0.5) is 5.69 Å². The van der Waals surface area contributed by atoms with Gasteiger partial charge >= 0.3 is 5.97 Å². The number of ether oxygens (including phenoxy) is 1. The van der Waals surface area contributed by atoms with Gasteiger partial charge in [-0.2, -0.15) is 0 Å². The molecular formula is C14H14N2O3. The second-order valence-electron chi connectivity index (χ2n) is 3.91. The highest BCUT2D eigenvalue weighted by molar-refractivity contribution is 5.74. The number of aromatic amines is 1. The largest absolute Gasteiger partial charge is 0.460 e. The van der Waals surface area contributed by atoms with Gasteiger partial charge in [0.15, 0.2) is 0 Å². The molecule has 0 aliphatic heterocycles. The first-order valence-corrected chi connectivity index (χ1v) is 5.87. The Morgan fingerprint density at radius 3 is 2.68 bits per heavy atom. The Hall–Kier alpha value is -2.56. The predicted molar refractivity (Wildman–Crippen MR) is 71.8 cm³/mol. The predicted octanol–water partition coefficient (Wildman–Crippen LogP) is 1.53. The molecule has 1 aromatic heterocycles. The van der Waals surface area contributed by atoms with Crippen molar-refractivity contribution in [3.8, 4) is 0 Å². The maximum atomic E-state index is 11.5. The minimum absolute atomic E-state index is 0.0417. The molecule has 0 aliphatic rings. The summed E-state index contributed by atoms with van der Waals surface area (Å²) in [5.41, 5.74) is 1.01. The molecule has 0 radical (unpaired) electrons. The van der Waals surface area contributed by atoms with E-state index in [0.717, 1.165) is 5.56 Å². The van der Waals surface area contributed by atoms with Gasteiger partial charge in [0.05, 0.1) is 0 Å². The second-order valence-corrected chi connectivity index (χ2v) is 3.91. The van der Waals surface area contributed by atoms with Crippen molar-refractivity contribution in [2.45, 2.75) is 6.61 Å². The van der Waals surface area contributed by atoms with E-state index in [-0.39, 0.29) is 18.7 Å². The summed E-state index contributed by atoms with van der Waals surface area (Å²) in [5, 5.41) is 2.73. The highest BCUT2D eigenvalue weighted by atomic mass is 16.5. The fraction of sp³-hybridized carbons (Fsp3) is 0.143. The van der Waals surface area contributed by atoms with Gasteiger partial charge in [0.2, 0.25) is 0 Å². The van der Waals surface area contributed by atoms with E-state index in [4.69, 9.17) is 4.74 Å². The molecule has 0 amide bonds. The first-order chi connectivity index (χ1) is 9.25. The van der Waals surface area contributed by atoms with Crippen LogP contribution >= 0.6 is 0 Å². The standard InChI is InChI=1S/C14H14N2O3/c17-13(19-10-11-5-2-1-3-6-11)9-16-12-7-4-8-15-14(12)18/h1-8,16H,9-10H2,(H,15,18). The van der Waals surface area contributed by atoms with Crippen molar-refractivity contribution in [1.29, 1.82) is 0 Å². The third kappa shape index (κ3) is 3.99. The molecule has 0 aliphatic carbocycles. The van der Waals surface area contributed by atoms with Crippen molar-refractivity contribution in [2.75, 3.05) is 11.9 Å². The Morgan fingerprint density at radius 2 is 1.95 bits per heavy atom. The lowest BCUT2D eigenvalue weighted by Crippen LogP contribution is -2.21. The lowest BCUT2D eigenvalue weighted by molar-refractivity contribution is -0.142. The quantitative estimate of drug-likeness (QED) is 0.798. The number of esters is 1. The van der Waals surface area contributed by atoms with Gasteiger partial charge in [-0.15, -0.1) is 0 Å². The first-order valence-electron chi connectivity index (χ1n) is 5.87. The summed E-state index contributed by atoms with van der Waals surface area (Å²) >= 11 is 0. The monoisotopic (exact) mass is 258 g/mol. The zero-order valence-corrected chi connectivity index (χ0v) is 10.3. The number of carbonyl (C=O) groups excluding carboxylic acids is 1. The average molecular weight is 258 g/mol. The van der Waals surface area contributed by atoms with E-state index in [1.54, 1.807) is 12.1 Å². The lowest BCUT2D eigenvalue weighted by Gasteiger charge is -2.06.